The number of benzene rings is 1. The number of aliphatic carboxylic acids is 1. The molecule has 1 aromatic rings. The first kappa shape index (κ1) is 19.6. The Kier molecular flexibility index (Phi) is 7.84. The van der Waals surface area contributed by atoms with Crippen LogP contribution in [0.4, 0.5) is 22.0 Å². The van der Waals surface area contributed by atoms with Gasteiger partial charge in [-0.1, -0.05) is 0 Å². The van der Waals surface area contributed by atoms with Gasteiger partial charge >= 0.3 is 12.1 Å². The Bertz CT molecular complexity index is 487. The van der Waals surface area contributed by atoms with E-state index in [0.717, 1.165) is 0 Å². The lowest BCUT2D eigenvalue weighted by Gasteiger charge is -2.05. The third kappa shape index (κ3) is 8.02. The first-order valence-electron chi connectivity index (χ1n) is 5.61. The molecule has 0 atom stereocenters. The highest BCUT2D eigenvalue weighted by Gasteiger charge is 2.38. The van der Waals surface area contributed by atoms with Crippen molar-refractivity contribution in [1.82, 2.24) is 5.32 Å². The van der Waals surface area contributed by atoms with Crippen LogP contribution >= 0.6 is 0 Å². The van der Waals surface area contributed by atoms with Gasteiger partial charge in [-0.15, -0.1) is 0 Å². The van der Waals surface area contributed by atoms with Crippen molar-refractivity contribution < 1.29 is 41.4 Å². The molecule has 0 radical (unpaired) electrons. The van der Waals surface area contributed by atoms with E-state index in [2.05, 4.69) is 5.32 Å². The maximum Gasteiger partial charge on any atom is 0.490 e. The minimum atomic E-state index is -5.08. The molecule has 0 spiro atoms. The molecule has 124 valence electrons. The summed E-state index contributed by atoms with van der Waals surface area (Å²) in [7, 11) is 1.52. The number of halogens is 5. The fourth-order valence-corrected chi connectivity index (χ4v) is 1.01. The number of hydrogen-bond acceptors (Lipinski definition) is 3. The average molecular weight is 329 g/mol. The molecule has 0 saturated heterocycles. The van der Waals surface area contributed by atoms with Gasteiger partial charge in [-0.05, 0) is 24.3 Å². The highest BCUT2D eigenvalue weighted by molar-refractivity contribution is 5.94. The van der Waals surface area contributed by atoms with Gasteiger partial charge in [0.05, 0.1) is 0 Å². The van der Waals surface area contributed by atoms with Gasteiger partial charge in [0.15, 0.2) is 0 Å². The molecular weight excluding hydrogens is 317 g/mol. The van der Waals surface area contributed by atoms with Gasteiger partial charge in [0.25, 0.3) is 12.3 Å². The number of rotatable bonds is 4. The van der Waals surface area contributed by atoms with Gasteiger partial charge in [-0.25, -0.2) is 13.6 Å². The lowest BCUT2D eigenvalue weighted by Crippen LogP contribution is -2.21. The van der Waals surface area contributed by atoms with Crippen LogP contribution in [-0.2, 0) is 4.79 Å². The van der Waals surface area contributed by atoms with Crippen LogP contribution in [0, 0.1) is 0 Å². The van der Waals surface area contributed by atoms with Crippen LogP contribution in [0.5, 0.6) is 5.75 Å². The van der Waals surface area contributed by atoms with Crippen molar-refractivity contribution in [1.29, 1.82) is 0 Å². The standard InChI is InChI=1S/C10H11F2NO2.C2HF3O2/c1-13-10(14)7-2-4-8(5-3-7)15-6-9(11)12;3-2(4,5)1(6)7/h2-5,9H,6H2,1H3,(H,13,14);(H,6,7). The number of carbonyl (C=O) groups is 2. The lowest BCUT2D eigenvalue weighted by atomic mass is 10.2. The van der Waals surface area contributed by atoms with Gasteiger partial charge in [0, 0.05) is 12.6 Å². The Labute approximate surface area is 121 Å². The van der Waals surface area contributed by atoms with Crippen molar-refractivity contribution in [3.05, 3.63) is 29.8 Å². The molecule has 0 unspecified atom stereocenters. The van der Waals surface area contributed by atoms with E-state index in [1.54, 1.807) is 0 Å². The van der Waals surface area contributed by atoms with Crippen LogP contribution in [0.25, 0.3) is 0 Å². The molecule has 0 bridgehead atoms. The molecular formula is C12H12F5NO4. The molecule has 0 aliphatic rings. The van der Waals surface area contributed by atoms with Crippen molar-refractivity contribution in [3.8, 4) is 5.75 Å². The summed E-state index contributed by atoms with van der Waals surface area (Å²) in [5.41, 5.74) is 0.460. The Hall–Kier alpha value is -2.39. The van der Waals surface area contributed by atoms with Gasteiger partial charge in [0.2, 0.25) is 0 Å². The molecule has 2 N–H and O–H groups in total. The molecule has 1 rings (SSSR count). The van der Waals surface area contributed by atoms with E-state index >= 15 is 0 Å². The fraction of sp³-hybridized carbons (Fsp3) is 0.333. The number of carbonyl (C=O) groups excluding carboxylic acids is 1. The first-order valence-corrected chi connectivity index (χ1v) is 5.61. The molecule has 0 aliphatic carbocycles. The normalized spacial score (nSPS) is 10.5. The second-order valence-electron chi connectivity index (χ2n) is 3.61. The van der Waals surface area contributed by atoms with Crippen molar-refractivity contribution in [2.75, 3.05) is 13.7 Å². The molecule has 0 aromatic heterocycles. The fourth-order valence-electron chi connectivity index (χ4n) is 1.01. The van der Waals surface area contributed by atoms with Crippen molar-refractivity contribution >= 4 is 11.9 Å². The summed E-state index contributed by atoms with van der Waals surface area (Å²) in [5, 5.41) is 9.58. The number of nitrogens with one attached hydrogen (secondary N) is 1. The summed E-state index contributed by atoms with van der Waals surface area (Å²) in [6.45, 7) is -0.640. The second kappa shape index (κ2) is 8.80. The summed E-state index contributed by atoms with van der Waals surface area (Å²) in [5.74, 6) is -2.66. The minimum Gasteiger partial charge on any atom is -0.488 e. The van der Waals surface area contributed by atoms with E-state index < -0.39 is 25.2 Å². The topological polar surface area (TPSA) is 75.6 Å². The van der Waals surface area contributed by atoms with Crippen LogP contribution in [0.2, 0.25) is 0 Å². The van der Waals surface area contributed by atoms with Crippen LogP contribution < -0.4 is 10.1 Å². The number of amides is 1. The molecule has 0 heterocycles. The molecule has 0 saturated carbocycles. The van der Waals surface area contributed by atoms with Crippen LogP contribution in [0.15, 0.2) is 24.3 Å². The lowest BCUT2D eigenvalue weighted by molar-refractivity contribution is -0.192. The van der Waals surface area contributed by atoms with Crippen molar-refractivity contribution in [3.63, 3.8) is 0 Å². The summed E-state index contributed by atoms with van der Waals surface area (Å²) in [4.78, 5) is 20.0. The van der Waals surface area contributed by atoms with Gasteiger partial charge in [-0.3, -0.25) is 4.79 Å². The number of carboxylic acid groups (broad SMARTS) is 1. The molecule has 1 aromatic carbocycles. The molecule has 5 nitrogen and oxygen atoms in total. The van der Waals surface area contributed by atoms with E-state index in [9.17, 15) is 26.7 Å². The van der Waals surface area contributed by atoms with Crippen LogP contribution in [0.1, 0.15) is 10.4 Å². The third-order valence-corrected chi connectivity index (χ3v) is 1.96. The molecule has 10 heteroatoms. The molecule has 0 fully saturated rings. The smallest absolute Gasteiger partial charge is 0.488 e. The maximum absolute atomic E-state index is 11.8. The van der Waals surface area contributed by atoms with Crippen LogP contribution in [-0.4, -0.2) is 43.2 Å². The number of hydrogen-bond donors (Lipinski definition) is 2. The summed E-state index contributed by atoms with van der Waals surface area (Å²) in [6, 6.07) is 5.99. The van der Waals surface area contributed by atoms with E-state index in [4.69, 9.17) is 14.6 Å². The van der Waals surface area contributed by atoms with Gasteiger partial charge in [0.1, 0.15) is 12.4 Å². The summed E-state index contributed by atoms with van der Waals surface area (Å²) in [6.07, 6.45) is -7.58. The molecule has 0 aliphatic heterocycles. The third-order valence-electron chi connectivity index (χ3n) is 1.96. The predicted molar refractivity (Wildman–Crippen MR) is 65.0 cm³/mol. The molecule has 22 heavy (non-hydrogen) atoms. The number of carboxylic acids is 1. The van der Waals surface area contributed by atoms with Gasteiger partial charge in [-0.2, -0.15) is 13.2 Å². The average Bonchev–Trinajstić information content (AvgIpc) is 2.44. The number of ether oxygens (including phenoxy) is 1. The Morgan fingerprint density at radius 1 is 1.23 bits per heavy atom. The van der Waals surface area contributed by atoms with E-state index in [-0.39, 0.29) is 5.91 Å². The first-order chi connectivity index (χ1) is 10.1. The van der Waals surface area contributed by atoms with E-state index in [0.29, 0.717) is 11.3 Å². The quantitative estimate of drug-likeness (QED) is 0.832. The van der Waals surface area contributed by atoms with E-state index in [1.165, 1.54) is 31.3 Å². The monoisotopic (exact) mass is 329 g/mol. The highest BCUT2D eigenvalue weighted by Crippen LogP contribution is 2.13. The maximum atomic E-state index is 11.8. The summed E-state index contributed by atoms with van der Waals surface area (Å²) >= 11 is 0. The zero-order chi connectivity index (χ0) is 17.3. The summed E-state index contributed by atoms with van der Waals surface area (Å²) < 4.78 is 60.1. The Morgan fingerprint density at radius 3 is 2.00 bits per heavy atom. The Balaban J connectivity index is 0.000000534. The predicted octanol–water partition coefficient (Wildman–Crippen LogP) is 2.32. The van der Waals surface area contributed by atoms with Gasteiger partial charge < -0.3 is 15.2 Å². The zero-order valence-corrected chi connectivity index (χ0v) is 11.2. The Morgan fingerprint density at radius 2 is 1.68 bits per heavy atom. The molecule has 1 amide bonds. The zero-order valence-electron chi connectivity index (χ0n) is 11.2. The minimum absolute atomic E-state index is 0.226. The van der Waals surface area contributed by atoms with Crippen LogP contribution in [0.3, 0.4) is 0 Å². The van der Waals surface area contributed by atoms with Crippen molar-refractivity contribution in [2.24, 2.45) is 0 Å². The number of alkyl halides is 5. The van der Waals surface area contributed by atoms with E-state index in [1.807, 2.05) is 0 Å². The highest BCUT2D eigenvalue weighted by atomic mass is 19.4. The largest absolute Gasteiger partial charge is 0.490 e. The SMILES string of the molecule is CNC(=O)c1ccc(OCC(F)F)cc1.O=C(O)C(F)(F)F. The van der Waals surface area contributed by atoms with Crippen molar-refractivity contribution in [2.45, 2.75) is 12.6 Å². The second-order valence-corrected chi connectivity index (χ2v) is 3.61.